The van der Waals surface area contributed by atoms with Gasteiger partial charge in [-0.1, -0.05) is 29.4 Å². The van der Waals surface area contributed by atoms with Crippen molar-refractivity contribution in [2.45, 2.75) is 20.4 Å². The molecule has 0 aliphatic carbocycles. The molecule has 2 aromatic carbocycles. The van der Waals surface area contributed by atoms with E-state index >= 15 is 0 Å². The van der Waals surface area contributed by atoms with Crippen molar-refractivity contribution in [2.24, 2.45) is 10.9 Å². The highest BCUT2D eigenvalue weighted by Crippen LogP contribution is 2.28. The van der Waals surface area contributed by atoms with Crippen molar-refractivity contribution in [2.75, 3.05) is 5.32 Å². The average Bonchev–Trinajstić information content (AvgIpc) is 2.45. The summed E-state index contributed by atoms with van der Waals surface area (Å²) in [7, 11) is 0. The van der Waals surface area contributed by atoms with Gasteiger partial charge in [0.05, 0.1) is 5.69 Å². The number of amidine groups is 1. The number of nitrogens with one attached hydrogen (secondary N) is 1. The number of benzene rings is 2. The first kappa shape index (κ1) is 15.4. The molecule has 0 atom stereocenters. The maximum absolute atomic E-state index is 8.73. The van der Waals surface area contributed by atoms with Gasteiger partial charge in [-0.15, -0.1) is 0 Å². The number of anilines is 1. The van der Waals surface area contributed by atoms with Gasteiger partial charge in [-0.3, -0.25) is 0 Å². The van der Waals surface area contributed by atoms with E-state index in [4.69, 9.17) is 10.9 Å². The van der Waals surface area contributed by atoms with Crippen molar-refractivity contribution in [1.82, 2.24) is 0 Å². The fraction of sp³-hybridized carbons (Fsp3) is 0.188. The SMILES string of the molecule is Cc1cc(C)c(NCc2cccc(/C(N)=N/O)c2)c(Br)c1. The maximum Gasteiger partial charge on any atom is 0.170 e. The largest absolute Gasteiger partial charge is 0.409 e. The molecule has 0 aliphatic rings. The molecule has 2 rings (SSSR count). The molecule has 0 aliphatic heterocycles. The summed E-state index contributed by atoms with van der Waals surface area (Å²) in [6.45, 7) is 4.81. The quantitative estimate of drug-likeness (QED) is 0.341. The first-order valence-electron chi connectivity index (χ1n) is 6.58. The predicted octanol–water partition coefficient (Wildman–Crippen LogP) is 3.77. The molecule has 0 aromatic heterocycles. The number of nitrogens with zero attached hydrogens (tertiary/aromatic N) is 1. The zero-order valence-corrected chi connectivity index (χ0v) is 13.6. The first-order chi connectivity index (χ1) is 10.0. The Balaban J connectivity index is 2.17. The molecule has 0 heterocycles. The Hall–Kier alpha value is -2.01. The fourth-order valence-electron chi connectivity index (χ4n) is 2.23. The molecule has 5 heteroatoms. The molecule has 0 unspecified atom stereocenters. The van der Waals surface area contributed by atoms with Gasteiger partial charge in [-0.25, -0.2) is 0 Å². The molecule has 0 saturated heterocycles. The Morgan fingerprint density at radius 3 is 2.71 bits per heavy atom. The minimum atomic E-state index is 0.115. The van der Waals surface area contributed by atoms with Gasteiger partial charge in [0.15, 0.2) is 5.84 Å². The lowest BCUT2D eigenvalue weighted by Crippen LogP contribution is -2.13. The van der Waals surface area contributed by atoms with Crippen LogP contribution in [-0.2, 0) is 6.54 Å². The summed E-state index contributed by atoms with van der Waals surface area (Å²) < 4.78 is 1.05. The topological polar surface area (TPSA) is 70.6 Å². The van der Waals surface area contributed by atoms with Crippen LogP contribution in [0.1, 0.15) is 22.3 Å². The molecule has 4 nitrogen and oxygen atoms in total. The van der Waals surface area contributed by atoms with Gasteiger partial charge in [-0.2, -0.15) is 0 Å². The smallest absolute Gasteiger partial charge is 0.170 e. The molecular weight excluding hydrogens is 330 g/mol. The van der Waals surface area contributed by atoms with Crippen LogP contribution >= 0.6 is 15.9 Å². The number of hydrogen-bond donors (Lipinski definition) is 3. The molecule has 110 valence electrons. The molecule has 0 saturated carbocycles. The van der Waals surface area contributed by atoms with Crippen molar-refractivity contribution < 1.29 is 5.21 Å². The zero-order chi connectivity index (χ0) is 15.4. The molecule has 0 fully saturated rings. The van der Waals surface area contributed by atoms with Crippen LogP contribution in [0, 0.1) is 13.8 Å². The van der Waals surface area contributed by atoms with Crippen LogP contribution in [0.15, 0.2) is 46.0 Å². The first-order valence-corrected chi connectivity index (χ1v) is 7.38. The Morgan fingerprint density at radius 1 is 1.29 bits per heavy atom. The van der Waals surface area contributed by atoms with Crippen molar-refractivity contribution in [3.8, 4) is 0 Å². The summed E-state index contributed by atoms with van der Waals surface area (Å²) in [6, 6.07) is 11.8. The highest BCUT2D eigenvalue weighted by molar-refractivity contribution is 9.10. The van der Waals surface area contributed by atoms with E-state index in [-0.39, 0.29) is 5.84 Å². The molecule has 4 N–H and O–H groups in total. The number of halogens is 1. The van der Waals surface area contributed by atoms with Crippen LogP contribution in [0.3, 0.4) is 0 Å². The monoisotopic (exact) mass is 347 g/mol. The van der Waals surface area contributed by atoms with E-state index in [0.29, 0.717) is 12.1 Å². The van der Waals surface area contributed by atoms with Crippen molar-refractivity contribution in [1.29, 1.82) is 0 Å². The Labute approximate surface area is 132 Å². The van der Waals surface area contributed by atoms with Crippen molar-refractivity contribution in [3.05, 3.63) is 63.1 Å². The summed E-state index contributed by atoms with van der Waals surface area (Å²) in [6.07, 6.45) is 0. The van der Waals surface area contributed by atoms with Crippen LogP contribution in [0.4, 0.5) is 5.69 Å². The third-order valence-electron chi connectivity index (χ3n) is 3.23. The van der Waals surface area contributed by atoms with Crippen LogP contribution in [0.5, 0.6) is 0 Å². The average molecular weight is 348 g/mol. The minimum Gasteiger partial charge on any atom is -0.409 e. The minimum absolute atomic E-state index is 0.115. The van der Waals surface area contributed by atoms with E-state index in [2.05, 4.69) is 52.4 Å². The standard InChI is InChI=1S/C16H18BrN3O/c1-10-6-11(2)15(14(17)7-10)19-9-12-4-3-5-13(8-12)16(18)20-21/h3-8,19,21H,9H2,1-2H3,(H2,18,20). The van der Waals surface area contributed by atoms with E-state index in [9.17, 15) is 0 Å². The van der Waals surface area contributed by atoms with Crippen LogP contribution < -0.4 is 11.1 Å². The summed E-state index contributed by atoms with van der Waals surface area (Å²) >= 11 is 3.59. The highest BCUT2D eigenvalue weighted by atomic mass is 79.9. The summed E-state index contributed by atoms with van der Waals surface area (Å²) in [4.78, 5) is 0. The molecule has 0 bridgehead atoms. The molecule has 0 amide bonds. The highest BCUT2D eigenvalue weighted by Gasteiger charge is 2.06. The second-order valence-corrected chi connectivity index (χ2v) is 5.83. The van der Waals surface area contributed by atoms with E-state index in [1.165, 1.54) is 11.1 Å². The normalized spacial score (nSPS) is 11.5. The molecular formula is C16H18BrN3O. The van der Waals surface area contributed by atoms with Crippen LogP contribution in [0.2, 0.25) is 0 Å². The third-order valence-corrected chi connectivity index (χ3v) is 3.86. The van der Waals surface area contributed by atoms with E-state index < -0.39 is 0 Å². The van der Waals surface area contributed by atoms with E-state index in [1.807, 2.05) is 24.3 Å². The lowest BCUT2D eigenvalue weighted by molar-refractivity contribution is 0.318. The Bertz CT molecular complexity index is 660. The maximum atomic E-state index is 8.73. The molecule has 0 spiro atoms. The van der Waals surface area contributed by atoms with Gasteiger partial charge in [0.25, 0.3) is 0 Å². The summed E-state index contributed by atoms with van der Waals surface area (Å²) in [5, 5.41) is 15.2. The number of rotatable bonds is 4. The summed E-state index contributed by atoms with van der Waals surface area (Å²) in [5.41, 5.74) is 10.9. The van der Waals surface area contributed by atoms with Gasteiger partial charge in [-0.05, 0) is 58.6 Å². The van der Waals surface area contributed by atoms with Crippen molar-refractivity contribution >= 4 is 27.5 Å². The van der Waals surface area contributed by atoms with Gasteiger partial charge in [0.2, 0.25) is 0 Å². The van der Waals surface area contributed by atoms with Gasteiger partial charge in [0.1, 0.15) is 0 Å². The van der Waals surface area contributed by atoms with Crippen LogP contribution in [-0.4, -0.2) is 11.0 Å². The second-order valence-electron chi connectivity index (χ2n) is 4.98. The molecule has 0 radical (unpaired) electrons. The fourth-order valence-corrected chi connectivity index (χ4v) is 3.04. The van der Waals surface area contributed by atoms with Gasteiger partial charge >= 0.3 is 0 Å². The molecule has 21 heavy (non-hydrogen) atoms. The molecule has 2 aromatic rings. The van der Waals surface area contributed by atoms with E-state index in [1.54, 1.807) is 0 Å². The third kappa shape index (κ3) is 3.76. The zero-order valence-electron chi connectivity index (χ0n) is 12.0. The lowest BCUT2D eigenvalue weighted by Gasteiger charge is -2.13. The number of oxime groups is 1. The number of hydrogen-bond acceptors (Lipinski definition) is 3. The second kappa shape index (κ2) is 6.63. The Morgan fingerprint density at radius 2 is 2.05 bits per heavy atom. The van der Waals surface area contributed by atoms with Gasteiger partial charge in [0, 0.05) is 16.6 Å². The predicted molar refractivity (Wildman–Crippen MR) is 89.9 cm³/mol. The number of aryl methyl sites for hydroxylation is 2. The van der Waals surface area contributed by atoms with Crippen LogP contribution in [0.25, 0.3) is 0 Å². The Kier molecular flexibility index (Phi) is 4.85. The van der Waals surface area contributed by atoms with Crippen molar-refractivity contribution in [3.63, 3.8) is 0 Å². The lowest BCUT2D eigenvalue weighted by atomic mass is 10.1. The summed E-state index contributed by atoms with van der Waals surface area (Å²) in [5.74, 6) is 0.115. The van der Waals surface area contributed by atoms with Gasteiger partial charge < -0.3 is 16.3 Å². The van der Waals surface area contributed by atoms with E-state index in [0.717, 1.165) is 15.7 Å². The number of nitrogens with two attached hydrogens (primary N) is 1.